The Balaban J connectivity index is 1.79. The van der Waals surface area contributed by atoms with E-state index in [9.17, 15) is 14.0 Å². The number of carbonyl (C=O) groups is 2. The Labute approximate surface area is 146 Å². The van der Waals surface area contributed by atoms with Gasteiger partial charge in [-0.3, -0.25) is 9.59 Å². The molecule has 5 heteroatoms. The van der Waals surface area contributed by atoms with Crippen molar-refractivity contribution in [2.75, 3.05) is 16.8 Å². The second kappa shape index (κ2) is 7.05. The zero-order valence-corrected chi connectivity index (χ0v) is 14.4. The molecule has 0 spiro atoms. The van der Waals surface area contributed by atoms with Crippen LogP contribution in [0, 0.1) is 5.82 Å². The van der Waals surface area contributed by atoms with Gasteiger partial charge in [0.15, 0.2) is 0 Å². The van der Waals surface area contributed by atoms with Gasteiger partial charge in [0.25, 0.3) is 0 Å². The average Bonchev–Trinajstić information content (AvgIpc) is 3.00. The van der Waals surface area contributed by atoms with Gasteiger partial charge in [-0.05, 0) is 48.2 Å². The first-order chi connectivity index (χ1) is 12.0. The highest BCUT2D eigenvalue weighted by Gasteiger charge is 2.24. The van der Waals surface area contributed by atoms with Gasteiger partial charge in [-0.2, -0.15) is 0 Å². The van der Waals surface area contributed by atoms with Crippen LogP contribution in [0.4, 0.5) is 15.8 Å². The first kappa shape index (κ1) is 17.1. The fourth-order valence-corrected chi connectivity index (χ4v) is 3.28. The van der Waals surface area contributed by atoms with E-state index in [4.69, 9.17) is 0 Å². The van der Waals surface area contributed by atoms with Crippen molar-refractivity contribution in [1.29, 1.82) is 0 Å². The number of carbonyl (C=O) groups excluding carboxylic acids is 2. The predicted molar refractivity (Wildman–Crippen MR) is 96.2 cm³/mol. The molecule has 1 atom stereocenters. The molecule has 130 valence electrons. The van der Waals surface area contributed by atoms with Crippen LogP contribution in [0.5, 0.6) is 0 Å². The van der Waals surface area contributed by atoms with Gasteiger partial charge < -0.3 is 10.2 Å². The van der Waals surface area contributed by atoms with Crippen LogP contribution < -0.4 is 10.2 Å². The van der Waals surface area contributed by atoms with Crippen LogP contribution in [0.3, 0.4) is 0 Å². The third-order valence-electron chi connectivity index (χ3n) is 4.63. The smallest absolute Gasteiger partial charge is 0.231 e. The number of halogens is 1. The zero-order valence-electron chi connectivity index (χ0n) is 14.4. The molecule has 2 aromatic rings. The monoisotopic (exact) mass is 340 g/mol. The van der Waals surface area contributed by atoms with E-state index in [0.29, 0.717) is 18.7 Å². The Kier molecular flexibility index (Phi) is 4.83. The Bertz CT molecular complexity index is 802. The highest BCUT2D eigenvalue weighted by Crippen LogP contribution is 2.31. The number of benzene rings is 2. The topological polar surface area (TPSA) is 49.4 Å². The van der Waals surface area contributed by atoms with Crippen molar-refractivity contribution in [1.82, 2.24) is 0 Å². The summed E-state index contributed by atoms with van der Waals surface area (Å²) in [4.78, 5) is 26.1. The Morgan fingerprint density at radius 1 is 1.20 bits per heavy atom. The van der Waals surface area contributed by atoms with Crippen molar-refractivity contribution < 1.29 is 14.0 Å². The minimum Gasteiger partial charge on any atom is -0.325 e. The van der Waals surface area contributed by atoms with Gasteiger partial charge in [-0.15, -0.1) is 0 Å². The summed E-state index contributed by atoms with van der Waals surface area (Å²) < 4.78 is 13.1. The molecule has 2 amide bonds. The molecule has 1 aliphatic heterocycles. The highest BCUT2D eigenvalue weighted by molar-refractivity contribution is 5.98. The summed E-state index contributed by atoms with van der Waals surface area (Å²) in [6.45, 7) is 4.14. The van der Waals surface area contributed by atoms with Crippen LogP contribution in [-0.2, 0) is 16.0 Å². The largest absolute Gasteiger partial charge is 0.325 e. The second-order valence-corrected chi connectivity index (χ2v) is 6.27. The van der Waals surface area contributed by atoms with Crippen LogP contribution >= 0.6 is 0 Å². The molecule has 0 radical (unpaired) electrons. The predicted octanol–water partition coefficient (Wildman–Crippen LogP) is 3.87. The molecule has 25 heavy (non-hydrogen) atoms. The lowest BCUT2D eigenvalue weighted by Crippen LogP contribution is -2.26. The van der Waals surface area contributed by atoms with Crippen molar-refractivity contribution in [2.45, 2.75) is 32.6 Å². The molecule has 1 N–H and O–H groups in total. The fraction of sp³-hybridized carbons (Fsp3) is 0.300. The normalized spacial score (nSPS) is 14.1. The Hall–Kier alpha value is -2.69. The third-order valence-corrected chi connectivity index (χ3v) is 4.63. The van der Waals surface area contributed by atoms with E-state index in [1.807, 2.05) is 25.1 Å². The molecule has 1 heterocycles. The molecule has 3 rings (SSSR count). The van der Waals surface area contributed by atoms with Crippen molar-refractivity contribution in [3.63, 3.8) is 0 Å². The molecule has 1 aliphatic rings. The fourth-order valence-electron chi connectivity index (χ4n) is 3.28. The Morgan fingerprint density at radius 2 is 1.92 bits per heavy atom. The maximum absolute atomic E-state index is 13.1. The van der Waals surface area contributed by atoms with E-state index in [0.717, 1.165) is 23.2 Å². The zero-order chi connectivity index (χ0) is 18.0. The Morgan fingerprint density at radius 3 is 2.56 bits per heavy atom. The van der Waals surface area contributed by atoms with E-state index in [2.05, 4.69) is 5.32 Å². The first-order valence-corrected chi connectivity index (χ1v) is 8.47. The van der Waals surface area contributed by atoms with Crippen molar-refractivity contribution >= 4 is 23.2 Å². The van der Waals surface area contributed by atoms with E-state index < -0.39 is 0 Å². The van der Waals surface area contributed by atoms with E-state index in [1.54, 1.807) is 24.0 Å². The van der Waals surface area contributed by atoms with Crippen LogP contribution in [0.2, 0.25) is 0 Å². The summed E-state index contributed by atoms with van der Waals surface area (Å²) in [5, 5.41) is 2.92. The standard InChI is InChI=1S/C20H21FN2O2/c1-3-18(14-4-7-16(21)8-5-14)20(25)22-17-9-6-15-10-11-23(13(2)24)19(15)12-17/h4-9,12,18H,3,10-11H2,1-2H3,(H,22,25). The summed E-state index contributed by atoms with van der Waals surface area (Å²) in [5.41, 5.74) is 3.42. The molecular weight excluding hydrogens is 319 g/mol. The molecular formula is C20H21FN2O2. The minimum atomic E-state index is -0.349. The minimum absolute atomic E-state index is 0.0000246. The number of nitrogens with one attached hydrogen (secondary N) is 1. The van der Waals surface area contributed by atoms with Gasteiger partial charge in [-0.1, -0.05) is 25.1 Å². The molecule has 0 saturated heterocycles. The van der Waals surface area contributed by atoms with Crippen LogP contribution in [0.25, 0.3) is 0 Å². The summed E-state index contributed by atoms with van der Waals surface area (Å²) >= 11 is 0. The van der Waals surface area contributed by atoms with Crippen LogP contribution in [0.15, 0.2) is 42.5 Å². The van der Waals surface area contributed by atoms with Crippen molar-refractivity contribution in [2.24, 2.45) is 0 Å². The van der Waals surface area contributed by atoms with Gasteiger partial charge in [0.2, 0.25) is 11.8 Å². The maximum atomic E-state index is 13.1. The third kappa shape index (κ3) is 3.55. The summed E-state index contributed by atoms with van der Waals surface area (Å²) in [6.07, 6.45) is 1.44. The molecule has 1 unspecified atom stereocenters. The van der Waals surface area contributed by atoms with E-state index in [-0.39, 0.29) is 23.5 Å². The van der Waals surface area contributed by atoms with Crippen molar-refractivity contribution in [3.05, 3.63) is 59.4 Å². The number of amides is 2. The second-order valence-electron chi connectivity index (χ2n) is 6.27. The molecule has 0 aliphatic carbocycles. The molecule has 0 saturated carbocycles. The summed E-state index contributed by atoms with van der Waals surface area (Å²) in [6, 6.07) is 11.7. The average molecular weight is 340 g/mol. The summed E-state index contributed by atoms with van der Waals surface area (Å²) in [5.74, 6) is -0.805. The van der Waals surface area contributed by atoms with Gasteiger partial charge in [-0.25, -0.2) is 4.39 Å². The molecule has 0 aromatic heterocycles. The highest BCUT2D eigenvalue weighted by atomic mass is 19.1. The summed E-state index contributed by atoms with van der Waals surface area (Å²) in [7, 11) is 0. The van der Waals surface area contributed by atoms with Gasteiger partial charge in [0.05, 0.1) is 5.92 Å². The lowest BCUT2D eigenvalue weighted by atomic mass is 9.95. The quantitative estimate of drug-likeness (QED) is 0.918. The number of fused-ring (bicyclic) bond motifs is 1. The number of hydrogen-bond acceptors (Lipinski definition) is 2. The number of nitrogens with zero attached hydrogens (tertiary/aromatic N) is 1. The van der Waals surface area contributed by atoms with Crippen molar-refractivity contribution in [3.8, 4) is 0 Å². The van der Waals surface area contributed by atoms with Gasteiger partial charge in [0, 0.05) is 24.8 Å². The lowest BCUT2D eigenvalue weighted by molar-refractivity contribution is -0.118. The molecule has 2 aromatic carbocycles. The number of hydrogen-bond donors (Lipinski definition) is 1. The molecule has 0 fully saturated rings. The lowest BCUT2D eigenvalue weighted by Gasteiger charge is -2.18. The SMILES string of the molecule is CCC(C(=O)Nc1ccc2c(c1)N(C(C)=O)CC2)c1ccc(F)cc1. The van der Waals surface area contributed by atoms with Crippen LogP contribution in [-0.4, -0.2) is 18.4 Å². The van der Waals surface area contributed by atoms with E-state index in [1.165, 1.54) is 12.1 Å². The molecule has 4 nitrogen and oxygen atoms in total. The first-order valence-electron chi connectivity index (χ1n) is 8.47. The van der Waals surface area contributed by atoms with Crippen LogP contribution in [0.1, 0.15) is 37.3 Å². The van der Waals surface area contributed by atoms with Gasteiger partial charge in [0.1, 0.15) is 5.82 Å². The van der Waals surface area contributed by atoms with E-state index >= 15 is 0 Å². The van der Waals surface area contributed by atoms with Gasteiger partial charge >= 0.3 is 0 Å². The maximum Gasteiger partial charge on any atom is 0.231 e. The molecule has 0 bridgehead atoms. The number of anilines is 2. The number of rotatable bonds is 4.